The van der Waals surface area contributed by atoms with Crippen LogP contribution in [0.4, 0.5) is 0 Å². The minimum atomic E-state index is -0.273. The zero-order chi connectivity index (χ0) is 17.9. The van der Waals surface area contributed by atoms with Crippen LogP contribution in [0.5, 0.6) is 0 Å². The van der Waals surface area contributed by atoms with Gasteiger partial charge < -0.3 is 5.21 Å². The molecule has 2 aromatic rings. The summed E-state index contributed by atoms with van der Waals surface area (Å²) in [5, 5.41) is 13.4. The molecular formula is C22H26N2O. The summed E-state index contributed by atoms with van der Waals surface area (Å²) in [6.45, 7) is 9.08. The lowest BCUT2D eigenvalue weighted by Gasteiger charge is -2.51. The second-order valence-electron chi connectivity index (χ2n) is 7.20. The van der Waals surface area contributed by atoms with Gasteiger partial charge in [0.25, 0.3) is 0 Å². The van der Waals surface area contributed by atoms with Crippen molar-refractivity contribution in [2.75, 3.05) is 6.54 Å². The first kappa shape index (κ1) is 17.4. The zero-order valence-electron chi connectivity index (χ0n) is 15.0. The van der Waals surface area contributed by atoms with Crippen molar-refractivity contribution < 1.29 is 5.21 Å². The average Bonchev–Trinajstić information content (AvgIpc) is 2.63. The van der Waals surface area contributed by atoms with Gasteiger partial charge in [0.05, 0.1) is 5.71 Å². The lowest BCUT2D eigenvalue weighted by Crippen LogP contribution is -2.50. The number of hydrogen-bond acceptors (Lipinski definition) is 3. The fourth-order valence-electron chi connectivity index (χ4n) is 4.10. The van der Waals surface area contributed by atoms with Crippen LogP contribution in [-0.2, 0) is 0 Å². The van der Waals surface area contributed by atoms with Crippen molar-refractivity contribution >= 4 is 5.71 Å². The molecule has 3 heteroatoms. The fraction of sp³-hybridized carbons (Fsp3) is 0.318. The highest BCUT2D eigenvalue weighted by molar-refractivity contribution is 5.91. The molecule has 0 amide bonds. The predicted molar refractivity (Wildman–Crippen MR) is 103 cm³/mol. The second kappa shape index (κ2) is 7.24. The van der Waals surface area contributed by atoms with E-state index in [0.717, 1.165) is 12.3 Å². The highest BCUT2D eigenvalue weighted by atomic mass is 16.4. The molecule has 0 bridgehead atoms. The van der Waals surface area contributed by atoms with Crippen LogP contribution in [-0.4, -0.2) is 22.4 Å². The Labute approximate surface area is 150 Å². The molecule has 1 fully saturated rings. The van der Waals surface area contributed by atoms with Gasteiger partial charge in [-0.3, -0.25) is 4.90 Å². The summed E-state index contributed by atoms with van der Waals surface area (Å²) in [4.78, 5) is 2.48. The Morgan fingerprint density at radius 2 is 1.64 bits per heavy atom. The SMILES string of the molecule is C=CCN1C(c2ccccc2)C/C(=N\O)C(C)(C)C1c1ccccc1. The summed E-state index contributed by atoms with van der Waals surface area (Å²) >= 11 is 0. The molecule has 1 aliphatic heterocycles. The molecule has 0 radical (unpaired) electrons. The molecule has 0 spiro atoms. The number of oxime groups is 1. The molecule has 3 nitrogen and oxygen atoms in total. The third-order valence-electron chi connectivity index (χ3n) is 5.31. The zero-order valence-corrected chi connectivity index (χ0v) is 15.0. The minimum absolute atomic E-state index is 0.108. The Morgan fingerprint density at radius 1 is 1.08 bits per heavy atom. The highest BCUT2D eigenvalue weighted by Crippen LogP contribution is 2.50. The maximum atomic E-state index is 9.72. The van der Waals surface area contributed by atoms with E-state index in [1.807, 2.05) is 18.2 Å². The molecular weight excluding hydrogens is 308 g/mol. The molecule has 130 valence electrons. The van der Waals surface area contributed by atoms with Crippen molar-refractivity contribution in [2.45, 2.75) is 32.4 Å². The molecule has 1 saturated heterocycles. The van der Waals surface area contributed by atoms with Crippen molar-refractivity contribution in [1.82, 2.24) is 4.90 Å². The summed E-state index contributed by atoms with van der Waals surface area (Å²) in [5.41, 5.74) is 3.04. The number of piperidine rings is 1. The standard InChI is InChI=1S/C22H26N2O/c1-4-15-24-19(17-11-7-5-8-12-17)16-20(23-25)22(2,3)21(24)18-13-9-6-10-14-18/h4-14,19,21,25H,1,15-16H2,2-3H3/b23-20+. The van der Waals surface area contributed by atoms with Gasteiger partial charge in [0, 0.05) is 30.5 Å². The highest BCUT2D eigenvalue weighted by Gasteiger charge is 2.47. The second-order valence-corrected chi connectivity index (χ2v) is 7.20. The van der Waals surface area contributed by atoms with E-state index in [2.05, 4.69) is 79.0 Å². The molecule has 1 aliphatic rings. The summed E-state index contributed by atoms with van der Waals surface area (Å²) in [7, 11) is 0. The van der Waals surface area contributed by atoms with E-state index in [1.165, 1.54) is 11.1 Å². The summed E-state index contributed by atoms with van der Waals surface area (Å²) < 4.78 is 0. The van der Waals surface area contributed by atoms with Crippen molar-refractivity contribution in [3.63, 3.8) is 0 Å². The summed E-state index contributed by atoms with van der Waals surface area (Å²) in [6.07, 6.45) is 2.67. The third-order valence-corrected chi connectivity index (χ3v) is 5.31. The smallest absolute Gasteiger partial charge is 0.0664 e. The van der Waals surface area contributed by atoms with Crippen molar-refractivity contribution in [3.8, 4) is 0 Å². The molecule has 2 atom stereocenters. The Balaban J connectivity index is 2.14. The monoisotopic (exact) mass is 334 g/mol. The first-order valence-corrected chi connectivity index (χ1v) is 8.77. The number of likely N-dealkylation sites (tertiary alicyclic amines) is 1. The lowest BCUT2D eigenvalue weighted by atomic mass is 9.69. The maximum absolute atomic E-state index is 9.72. The van der Waals surface area contributed by atoms with E-state index in [4.69, 9.17) is 0 Å². The van der Waals surface area contributed by atoms with E-state index in [1.54, 1.807) is 0 Å². The normalized spacial score (nSPS) is 25.0. The van der Waals surface area contributed by atoms with Crippen LogP contribution in [0.3, 0.4) is 0 Å². The molecule has 25 heavy (non-hydrogen) atoms. The lowest BCUT2D eigenvalue weighted by molar-refractivity contribution is 0.0669. The Kier molecular flexibility index (Phi) is 5.05. The van der Waals surface area contributed by atoms with Gasteiger partial charge in [-0.15, -0.1) is 6.58 Å². The maximum Gasteiger partial charge on any atom is 0.0664 e. The van der Waals surface area contributed by atoms with Crippen LogP contribution in [0.15, 0.2) is 78.5 Å². The van der Waals surface area contributed by atoms with Crippen LogP contribution in [0.1, 0.15) is 43.5 Å². The van der Waals surface area contributed by atoms with Crippen LogP contribution in [0.25, 0.3) is 0 Å². The Morgan fingerprint density at radius 3 is 2.16 bits per heavy atom. The van der Waals surface area contributed by atoms with Gasteiger partial charge in [-0.05, 0) is 11.1 Å². The summed E-state index contributed by atoms with van der Waals surface area (Å²) in [5.74, 6) is 0. The van der Waals surface area contributed by atoms with Crippen molar-refractivity contribution in [2.24, 2.45) is 10.6 Å². The quantitative estimate of drug-likeness (QED) is 0.473. The third kappa shape index (κ3) is 3.24. The molecule has 2 unspecified atom stereocenters. The van der Waals surface area contributed by atoms with Gasteiger partial charge in [0.2, 0.25) is 0 Å². The van der Waals surface area contributed by atoms with Gasteiger partial charge in [0.1, 0.15) is 0 Å². The topological polar surface area (TPSA) is 35.8 Å². The predicted octanol–water partition coefficient (Wildman–Crippen LogP) is 5.22. The van der Waals surface area contributed by atoms with Gasteiger partial charge in [0.15, 0.2) is 0 Å². The van der Waals surface area contributed by atoms with Gasteiger partial charge in [-0.2, -0.15) is 0 Å². The number of hydrogen-bond donors (Lipinski definition) is 1. The van der Waals surface area contributed by atoms with E-state index in [-0.39, 0.29) is 17.5 Å². The van der Waals surface area contributed by atoms with Crippen LogP contribution in [0.2, 0.25) is 0 Å². The molecule has 0 aliphatic carbocycles. The first-order chi connectivity index (χ1) is 12.1. The Bertz CT molecular complexity index is 737. The first-order valence-electron chi connectivity index (χ1n) is 8.77. The van der Waals surface area contributed by atoms with Gasteiger partial charge in [-0.25, -0.2) is 0 Å². The molecule has 0 aromatic heterocycles. The largest absolute Gasteiger partial charge is 0.411 e. The molecule has 1 heterocycles. The fourth-order valence-corrected chi connectivity index (χ4v) is 4.10. The number of rotatable bonds is 4. The van der Waals surface area contributed by atoms with E-state index in [9.17, 15) is 5.21 Å². The average molecular weight is 334 g/mol. The van der Waals surface area contributed by atoms with Crippen molar-refractivity contribution in [1.29, 1.82) is 0 Å². The number of nitrogens with zero attached hydrogens (tertiary/aromatic N) is 2. The van der Waals surface area contributed by atoms with Gasteiger partial charge in [-0.1, -0.05) is 85.7 Å². The molecule has 1 N–H and O–H groups in total. The van der Waals surface area contributed by atoms with E-state index >= 15 is 0 Å². The molecule has 0 saturated carbocycles. The van der Waals surface area contributed by atoms with E-state index in [0.29, 0.717) is 6.42 Å². The summed E-state index contributed by atoms with van der Waals surface area (Å²) in [6, 6.07) is 21.2. The van der Waals surface area contributed by atoms with Gasteiger partial charge >= 0.3 is 0 Å². The number of benzene rings is 2. The Hall–Kier alpha value is -2.39. The van der Waals surface area contributed by atoms with Crippen LogP contribution in [0, 0.1) is 5.41 Å². The van der Waals surface area contributed by atoms with Crippen LogP contribution >= 0.6 is 0 Å². The van der Waals surface area contributed by atoms with E-state index < -0.39 is 0 Å². The molecule has 3 rings (SSSR count). The van der Waals surface area contributed by atoms with Crippen LogP contribution < -0.4 is 0 Å². The minimum Gasteiger partial charge on any atom is -0.411 e. The molecule has 2 aromatic carbocycles. The van der Waals surface area contributed by atoms with Crippen molar-refractivity contribution in [3.05, 3.63) is 84.4 Å².